The van der Waals surface area contributed by atoms with Crippen LogP contribution in [-0.2, 0) is 17.3 Å². The standard InChI is InChI=1S/C43H45NO2.C29H37NO2.C17H27N.C13H20O/c1-29(2)30-13-23-37(24-14-30)44(38-25-15-33(16-26-38)40(45)31-9-19-35(20-10-31)42(3,4)5)39-27-17-34(18-28-39)41(46)32-11-21-36(22-12-32)43(6,7)8;1-21(2)19-31-28-15-11-26(12-16-28)30(25-9-7-24(8-10-25)23(5)6)27-13-17-29(18-14-27)32-20-22(3)4;1-4-5-6-11-18-12-7-8-16-13-15(14(2)3)9-10-17(16)18;1-10(2)9-14-13-7-5-12(6-8-13)11(3)4/h9-29H,1-8H3;7-18,21-23H,19-20H2,1-6H3;9-10,13-14H,4-8,11-12H2,1-3H3;5-8,10-11H,9H2,1-4H3. The van der Waals surface area contributed by atoms with Gasteiger partial charge in [-0.15, -0.1) is 0 Å². The normalized spacial score (nSPS) is 12.1. The molecule has 0 atom stereocenters. The number of ether oxygens (including phenoxy) is 3. The Morgan fingerprint density at radius 3 is 0.918 bits per heavy atom. The van der Waals surface area contributed by atoms with Crippen LogP contribution in [0.25, 0.3) is 0 Å². The highest BCUT2D eigenvalue weighted by atomic mass is 16.5. The molecule has 0 aliphatic carbocycles. The zero-order valence-corrected chi connectivity index (χ0v) is 70.5. The van der Waals surface area contributed by atoms with Crippen LogP contribution in [0.2, 0.25) is 0 Å². The van der Waals surface area contributed by atoms with E-state index in [9.17, 15) is 9.59 Å². The maximum atomic E-state index is 13.4. The lowest BCUT2D eigenvalue weighted by Crippen LogP contribution is -2.30. The minimum absolute atomic E-state index is 0.00163. The van der Waals surface area contributed by atoms with Crippen LogP contribution in [0.1, 0.15) is 266 Å². The molecule has 10 aromatic rings. The fourth-order valence-electron chi connectivity index (χ4n) is 13.0. The summed E-state index contributed by atoms with van der Waals surface area (Å²) in [6.07, 6.45) is 6.59. The van der Waals surface area contributed by atoms with Gasteiger partial charge in [0.2, 0.25) is 0 Å². The molecule has 0 unspecified atom stereocenters. The minimum atomic E-state index is -0.00163. The number of benzene rings is 10. The number of carbonyl (C=O) groups is 2. The molecule has 0 saturated carbocycles. The molecule has 582 valence electrons. The van der Waals surface area contributed by atoms with Gasteiger partial charge in [0.25, 0.3) is 0 Å². The molecule has 10 aromatic carbocycles. The zero-order chi connectivity index (χ0) is 79.8. The first kappa shape index (κ1) is 85.9. The Morgan fingerprint density at radius 1 is 0.355 bits per heavy atom. The van der Waals surface area contributed by atoms with Crippen molar-refractivity contribution in [3.63, 3.8) is 0 Å². The summed E-state index contributed by atoms with van der Waals surface area (Å²) in [6.45, 7) is 50.7. The van der Waals surface area contributed by atoms with Crippen molar-refractivity contribution < 1.29 is 23.8 Å². The van der Waals surface area contributed by atoms with Crippen molar-refractivity contribution in [2.75, 3.05) is 47.6 Å². The average Bonchev–Trinajstić information content (AvgIpc) is 0.791. The fourth-order valence-corrected chi connectivity index (χ4v) is 13.0. The summed E-state index contributed by atoms with van der Waals surface area (Å²) in [7, 11) is 0. The molecule has 0 aromatic heterocycles. The van der Waals surface area contributed by atoms with Crippen molar-refractivity contribution in [3.05, 3.63) is 298 Å². The van der Waals surface area contributed by atoms with Gasteiger partial charge in [0, 0.05) is 75.2 Å². The molecule has 8 heteroatoms. The maximum absolute atomic E-state index is 13.4. The first-order valence-electron chi connectivity index (χ1n) is 40.7. The Bertz CT molecular complexity index is 4220. The molecular weight excluding hydrogens is 1350 g/mol. The van der Waals surface area contributed by atoms with Crippen molar-refractivity contribution in [2.45, 2.75) is 212 Å². The summed E-state index contributed by atoms with van der Waals surface area (Å²) >= 11 is 0. The molecule has 11 rings (SSSR count). The van der Waals surface area contributed by atoms with Gasteiger partial charge in [-0.3, -0.25) is 9.59 Å². The van der Waals surface area contributed by atoms with Crippen LogP contribution in [0.4, 0.5) is 39.8 Å². The minimum Gasteiger partial charge on any atom is -0.493 e. The number of rotatable bonds is 27. The predicted molar refractivity (Wildman–Crippen MR) is 470 cm³/mol. The second-order valence-corrected chi connectivity index (χ2v) is 34.2. The fraction of sp³-hybridized carbons (Fsp3) is 0.392. The van der Waals surface area contributed by atoms with Gasteiger partial charge >= 0.3 is 0 Å². The lowest BCUT2D eigenvalue weighted by molar-refractivity contribution is 0.103. The molecule has 0 spiro atoms. The molecular formula is C102H129N3O5. The van der Waals surface area contributed by atoms with Gasteiger partial charge < -0.3 is 28.9 Å². The molecule has 1 heterocycles. The van der Waals surface area contributed by atoms with Gasteiger partial charge in [-0.25, -0.2) is 0 Å². The van der Waals surface area contributed by atoms with Gasteiger partial charge in [-0.05, 0) is 250 Å². The number of fused-ring (bicyclic) bond motifs is 1. The summed E-state index contributed by atoms with van der Waals surface area (Å²) in [5.41, 5.74) is 19.8. The summed E-state index contributed by atoms with van der Waals surface area (Å²) in [6, 6.07) is 80.9. The van der Waals surface area contributed by atoms with Crippen LogP contribution in [0, 0.1) is 17.8 Å². The lowest BCUT2D eigenvalue weighted by atomic mass is 9.86. The monoisotopic (exact) mass is 1480 g/mol. The number of ketones is 2. The van der Waals surface area contributed by atoms with Gasteiger partial charge in [0.1, 0.15) is 17.2 Å². The van der Waals surface area contributed by atoms with E-state index in [0.717, 1.165) is 71.2 Å². The van der Waals surface area contributed by atoms with E-state index >= 15 is 0 Å². The second kappa shape index (κ2) is 40.9. The van der Waals surface area contributed by atoms with Crippen LogP contribution in [0.15, 0.2) is 237 Å². The number of hydrogen-bond acceptors (Lipinski definition) is 8. The van der Waals surface area contributed by atoms with Gasteiger partial charge in [-0.2, -0.15) is 0 Å². The van der Waals surface area contributed by atoms with Crippen molar-refractivity contribution in [1.82, 2.24) is 0 Å². The van der Waals surface area contributed by atoms with Gasteiger partial charge in [-0.1, -0.05) is 255 Å². The first-order chi connectivity index (χ1) is 52.4. The Kier molecular flexibility index (Phi) is 31.9. The number of unbranched alkanes of at least 4 members (excludes halogenated alkanes) is 2. The van der Waals surface area contributed by atoms with Crippen molar-refractivity contribution >= 4 is 51.4 Å². The van der Waals surface area contributed by atoms with E-state index in [0.29, 0.717) is 63.7 Å². The van der Waals surface area contributed by atoms with Crippen LogP contribution in [0.5, 0.6) is 17.2 Å². The molecule has 0 radical (unpaired) electrons. The molecule has 1 aliphatic rings. The molecule has 1 aliphatic heterocycles. The zero-order valence-electron chi connectivity index (χ0n) is 70.5. The van der Waals surface area contributed by atoms with E-state index in [1.807, 2.05) is 121 Å². The Balaban J connectivity index is 0.000000204. The van der Waals surface area contributed by atoms with Crippen molar-refractivity contribution in [3.8, 4) is 17.2 Å². The Morgan fingerprint density at radius 2 is 0.627 bits per heavy atom. The quantitative estimate of drug-likeness (QED) is 0.0373. The molecule has 0 saturated heterocycles. The maximum Gasteiger partial charge on any atom is 0.193 e. The smallest absolute Gasteiger partial charge is 0.193 e. The molecule has 0 amide bonds. The van der Waals surface area contributed by atoms with Crippen molar-refractivity contribution in [1.29, 1.82) is 0 Å². The number of anilines is 7. The van der Waals surface area contributed by atoms with Crippen LogP contribution < -0.4 is 28.9 Å². The number of carbonyl (C=O) groups excluding carboxylic acids is 2. The highest BCUT2D eigenvalue weighted by molar-refractivity contribution is 6.10. The third kappa shape index (κ3) is 25.5. The SMILES string of the molecule is CC(C)COc1ccc(C(C)C)cc1.CC(C)COc1ccc(N(c2ccc(OCC(C)C)cc2)c2ccc(C(C)C)cc2)cc1.CC(C)c1ccc(N(c2ccc(C(=O)c3ccc(C(C)(C)C)cc3)cc2)c2ccc(C(=O)c3ccc(C(C)(C)C)cc3)cc2)cc1.CCCCCN1CCCc2cc(C(C)C)ccc21. The van der Waals surface area contributed by atoms with Gasteiger partial charge in [0.15, 0.2) is 11.6 Å². The van der Waals surface area contributed by atoms with Crippen LogP contribution >= 0.6 is 0 Å². The largest absolute Gasteiger partial charge is 0.493 e. The van der Waals surface area contributed by atoms with Gasteiger partial charge in [0.05, 0.1) is 19.8 Å². The first-order valence-corrected chi connectivity index (χ1v) is 40.7. The summed E-state index contributed by atoms with van der Waals surface area (Å²) in [4.78, 5) is 33.8. The Hall–Kier alpha value is -9.66. The second-order valence-electron chi connectivity index (χ2n) is 34.2. The third-order valence-electron chi connectivity index (χ3n) is 19.9. The summed E-state index contributed by atoms with van der Waals surface area (Å²) < 4.78 is 17.4. The van der Waals surface area contributed by atoms with E-state index in [1.165, 1.54) is 84.3 Å². The summed E-state index contributed by atoms with van der Waals surface area (Å²) in [5.74, 6) is 6.52. The lowest BCUT2D eigenvalue weighted by Gasteiger charge is -2.32. The number of aryl methyl sites for hydroxylation is 1. The van der Waals surface area contributed by atoms with E-state index in [2.05, 4.69) is 275 Å². The number of nitrogens with zero attached hydrogens (tertiary/aromatic N) is 3. The third-order valence-corrected chi connectivity index (χ3v) is 19.9. The van der Waals surface area contributed by atoms with E-state index < -0.39 is 0 Å². The van der Waals surface area contributed by atoms with E-state index in [4.69, 9.17) is 14.2 Å². The summed E-state index contributed by atoms with van der Waals surface area (Å²) in [5, 5.41) is 0. The molecule has 0 N–H and O–H groups in total. The molecule has 8 nitrogen and oxygen atoms in total. The van der Waals surface area contributed by atoms with Crippen LogP contribution in [0.3, 0.4) is 0 Å². The topological polar surface area (TPSA) is 71.5 Å². The number of hydrogen-bond donors (Lipinski definition) is 0. The molecule has 0 bridgehead atoms. The van der Waals surface area contributed by atoms with E-state index in [1.54, 1.807) is 5.56 Å². The van der Waals surface area contributed by atoms with Crippen LogP contribution in [-0.4, -0.2) is 44.5 Å². The van der Waals surface area contributed by atoms with E-state index in [-0.39, 0.29) is 22.4 Å². The van der Waals surface area contributed by atoms with Crippen molar-refractivity contribution in [2.24, 2.45) is 17.8 Å². The molecule has 110 heavy (non-hydrogen) atoms. The Labute approximate surface area is 663 Å². The average molecular weight is 1480 g/mol. The molecule has 0 fully saturated rings. The predicted octanol–water partition coefficient (Wildman–Crippen LogP) is 28.3. The highest BCUT2D eigenvalue weighted by Crippen LogP contribution is 2.40. The highest BCUT2D eigenvalue weighted by Gasteiger charge is 2.22.